The summed E-state index contributed by atoms with van der Waals surface area (Å²) in [5, 5.41) is 50.8. The van der Waals surface area contributed by atoms with Gasteiger partial charge in [0.25, 0.3) is 27.8 Å². The third-order valence-corrected chi connectivity index (χ3v) is 27.7. The molecule has 5 aromatic rings. The number of aromatic amines is 10. The Morgan fingerprint density at radius 1 is 0.374 bits per heavy atom. The number of ether oxygens (including phenoxy) is 7. The summed E-state index contributed by atoms with van der Waals surface area (Å²) in [5.74, 6) is -0.201. The first-order valence-corrected chi connectivity index (χ1v) is 51.4. The molecule has 602 valence electrons. The van der Waals surface area contributed by atoms with E-state index in [0.29, 0.717) is 30.4 Å². The monoisotopic (exact) mass is 1730 g/mol. The van der Waals surface area contributed by atoms with Crippen LogP contribution in [0.1, 0.15) is 97.4 Å². The van der Waals surface area contributed by atoms with Crippen molar-refractivity contribution in [1.82, 2.24) is 49.8 Å². The van der Waals surface area contributed by atoms with Gasteiger partial charge < -0.3 is 83.6 Å². The first-order chi connectivity index (χ1) is 49.5. The predicted molar refractivity (Wildman–Crippen MR) is 442 cm³/mol. The van der Waals surface area contributed by atoms with E-state index < -0.39 is 188 Å². The third-order valence-electron chi connectivity index (χ3n) is 18.4. The Hall–Kier alpha value is -4.56. The summed E-state index contributed by atoms with van der Waals surface area (Å²) < 4.78 is 39.6. The average Bonchev–Trinajstić information content (AvgIpc) is 1.58. The van der Waals surface area contributed by atoms with Crippen molar-refractivity contribution in [2.45, 2.75) is 152 Å². The zero-order valence-corrected chi connectivity index (χ0v) is 70.1. The van der Waals surface area contributed by atoms with Crippen LogP contribution in [0.4, 0.5) is 0 Å². The molecule has 0 aliphatic carbocycles. The van der Waals surface area contributed by atoms with Crippen molar-refractivity contribution in [3.8, 4) is 0 Å². The Kier molecular flexibility index (Phi) is 33.1. The fraction of sp³-hybridized carbons (Fsp3) is 0.632. The van der Waals surface area contributed by atoms with E-state index in [1.165, 1.54) is 45.2 Å². The number of hydrogen-bond donors (Lipinski definition) is 15. The van der Waals surface area contributed by atoms with Gasteiger partial charge in [0.1, 0.15) is 48.8 Å². The van der Waals surface area contributed by atoms with Gasteiger partial charge in [-0.1, -0.05) is 29.5 Å². The molecule has 20 atom stereocenters. The van der Waals surface area contributed by atoms with Crippen LogP contribution in [0.15, 0.2) is 78.9 Å². The molecule has 5 fully saturated rings. The number of aromatic nitrogens is 10. The summed E-state index contributed by atoms with van der Waals surface area (Å²) in [7, 11) is 2.93. The van der Waals surface area contributed by atoms with Crippen LogP contribution in [0.2, 0.25) is 0 Å². The molecule has 5 aromatic heterocycles. The zero-order chi connectivity index (χ0) is 80.3. The standard InChI is InChI=1S/2C14H23N2O5P.C14H23N2O4P.C13H20ClN2O4P.C13H20IN2O4P/c2*1-20-12-10(17)9(5-6-22(2,3)4)21-11(12)8-7-15-14(19)16-13(8)18;1-8-11(17)10(5-6-21(2,3)4)20-12(8)9-7-15-14(19)16-13(9)18;2*1-21(2,3)5-4-8-10(17)9(14)11(20-8)7-6-15-13(19)16-12(7)18/h2*7,9-12,17H,2,5-6H2,1,3-4H3,(H2,15,16,18,19);7-8,10-12,17H,2,5-6H2,1,3-4H3,(H2,15,16,18,19);2*6,8-11,17H,1,4-5H2,2-3H3,(H2,15,16,18,19)/t2*9-,10-,11+,12-;8-,10-,11+,12-;2*8-,9-,10-,11+/m11111/s1. The van der Waals surface area contributed by atoms with E-state index in [2.05, 4.69) is 171 Å². The molecule has 107 heavy (non-hydrogen) atoms. The second-order valence-electron chi connectivity index (χ2n) is 31.0. The lowest BCUT2D eigenvalue weighted by Gasteiger charge is -2.19. The smallest absolute Gasteiger partial charge is 0.325 e. The van der Waals surface area contributed by atoms with Crippen molar-refractivity contribution in [2.75, 3.05) is 112 Å². The molecule has 10 heterocycles. The molecular weight excluding hydrogens is 1630 g/mol. The number of methoxy groups -OCH3 is 2. The van der Waals surface area contributed by atoms with Gasteiger partial charge in [-0.25, -0.2) is 24.0 Å². The van der Waals surface area contributed by atoms with Gasteiger partial charge in [-0.2, -0.15) is 0 Å². The fourth-order valence-electron chi connectivity index (χ4n) is 12.4. The van der Waals surface area contributed by atoms with E-state index in [1.807, 2.05) is 6.92 Å². The first-order valence-electron chi connectivity index (χ1n) is 34.5. The van der Waals surface area contributed by atoms with Crippen molar-refractivity contribution in [2.24, 2.45) is 5.92 Å². The molecule has 15 N–H and O–H groups in total. The van der Waals surface area contributed by atoms with E-state index in [0.717, 1.165) is 43.7 Å². The van der Waals surface area contributed by atoms with Gasteiger partial charge in [0.2, 0.25) is 0 Å². The molecule has 0 amide bonds. The second-order valence-corrected chi connectivity index (χ2v) is 54.5. The highest BCUT2D eigenvalue weighted by molar-refractivity contribution is 14.1. The highest BCUT2D eigenvalue weighted by atomic mass is 127. The maximum Gasteiger partial charge on any atom is 0.325 e. The highest BCUT2D eigenvalue weighted by Crippen LogP contribution is 2.47. The van der Waals surface area contributed by atoms with Crippen LogP contribution in [0, 0.1) is 5.92 Å². The lowest BCUT2D eigenvalue weighted by molar-refractivity contribution is -0.0128. The maximum atomic E-state index is 11.9. The SMILES string of the molecule is C=P(C)(C)CC[C@H]1O[C@@H](c2c[nH]c(=O)[nH]c2=O)[C@H](C)[C@@H]1O.C=P(C)(C)CC[C@H]1O[C@@H](c2c[nH]c(=O)[nH]c2=O)[C@H](Cl)[C@@H]1O.C=P(C)(C)CC[C@H]1O[C@@H](c2c[nH]c(=O)[nH]c2=O)[C@H](I)[C@@H]1O.C=P(C)(C)CC[C@H]1O[C@@H](c2c[nH]c(=O)[nH]c2=O)[C@H](OC)[C@@H]1O.C=P(C)(C)CC[C@H]1O[C@@H](c2c[nH]c(=O)[nH]c2=O)[C@H](OC)[C@@H]1O. The van der Waals surface area contributed by atoms with E-state index in [9.17, 15) is 73.5 Å². The predicted octanol–water partition coefficient (Wildman–Crippen LogP) is 1.89. The van der Waals surface area contributed by atoms with Crippen molar-refractivity contribution in [1.29, 1.82) is 0 Å². The molecule has 0 saturated carbocycles. The summed E-state index contributed by atoms with van der Waals surface area (Å²) >= 11 is 8.29. The van der Waals surface area contributed by atoms with Crippen molar-refractivity contribution < 1.29 is 58.7 Å². The van der Waals surface area contributed by atoms with Crippen molar-refractivity contribution in [3.63, 3.8) is 0 Å². The largest absolute Gasteiger partial charge is 0.390 e. The van der Waals surface area contributed by atoms with Gasteiger partial charge in [0.05, 0.1) is 92.1 Å². The van der Waals surface area contributed by atoms with Gasteiger partial charge in [-0.3, -0.25) is 48.9 Å². The van der Waals surface area contributed by atoms with Gasteiger partial charge in [0, 0.05) is 51.1 Å². The number of nitrogens with one attached hydrogen (secondary N) is 10. The van der Waals surface area contributed by atoms with Crippen molar-refractivity contribution in [3.05, 3.63) is 163 Å². The van der Waals surface area contributed by atoms with Crippen LogP contribution >= 0.6 is 68.6 Å². The summed E-state index contributed by atoms with van der Waals surface area (Å²) in [6.07, 6.45) is 25.2. The molecule has 10 rings (SSSR count). The quantitative estimate of drug-likeness (QED) is 0.0267. The Morgan fingerprint density at radius 3 is 0.879 bits per heavy atom. The van der Waals surface area contributed by atoms with Crippen LogP contribution in [-0.4, -0.2) is 301 Å². The molecule has 5 aliphatic heterocycles. The Morgan fingerprint density at radius 2 is 0.598 bits per heavy atom. The van der Waals surface area contributed by atoms with Crippen molar-refractivity contribution >= 4 is 100 Å². The minimum atomic E-state index is -1.23. The van der Waals surface area contributed by atoms with Gasteiger partial charge in [-0.05, 0) is 130 Å². The minimum absolute atomic E-state index is 0.201. The molecule has 0 unspecified atom stereocenters. The molecule has 5 aliphatic rings. The fourth-order valence-corrected chi connectivity index (χ4v) is 18.6. The maximum absolute atomic E-state index is 11.9. The van der Waals surface area contributed by atoms with E-state index in [1.54, 1.807) is 0 Å². The number of rotatable bonds is 22. The number of aliphatic hydroxyl groups excluding tert-OH is 5. The van der Waals surface area contributed by atoms with Crippen LogP contribution in [0.25, 0.3) is 0 Å². The lowest BCUT2D eigenvalue weighted by Crippen LogP contribution is -2.34. The molecule has 39 heteroatoms. The second kappa shape index (κ2) is 38.8. The lowest BCUT2D eigenvalue weighted by atomic mass is 9.94. The molecule has 0 bridgehead atoms. The van der Waals surface area contributed by atoms with E-state index >= 15 is 0 Å². The molecule has 32 nitrogen and oxygen atoms in total. The van der Waals surface area contributed by atoms with Gasteiger partial charge in [0.15, 0.2) is 0 Å². The number of hydrogen-bond acceptors (Lipinski definition) is 22. The minimum Gasteiger partial charge on any atom is -0.390 e. The number of alkyl halides is 2. The van der Waals surface area contributed by atoms with Crippen LogP contribution in [0.5, 0.6) is 0 Å². The van der Waals surface area contributed by atoms with E-state index in [4.69, 9.17) is 44.8 Å². The Bertz CT molecular complexity index is 4300. The normalized spacial score (nSPS) is 29.4. The highest BCUT2D eigenvalue weighted by Gasteiger charge is 2.49. The van der Waals surface area contributed by atoms with E-state index in [-0.39, 0.29) is 38.7 Å². The topological polar surface area (TPSA) is 494 Å². The summed E-state index contributed by atoms with van der Waals surface area (Å²) in [5.41, 5.74) is -3.98. The summed E-state index contributed by atoms with van der Waals surface area (Å²) in [4.78, 5) is 138. The summed E-state index contributed by atoms with van der Waals surface area (Å²) in [6, 6.07) is 0. The molecular formula is C68H109ClIN10O22P5. The van der Waals surface area contributed by atoms with Crippen LogP contribution in [-0.2, 0) is 33.2 Å². The molecule has 0 aromatic carbocycles. The molecule has 0 spiro atoms. The molecule has 5 saturated heterocycles. The number of H-pyrrole nitrogens is 10. The third kappa shape index (κ3) is 26.5. The molecule has 0 radical (unpaired) electrons. The Labute approximate surface area is 637 Å². The average molecular weight is 1740 g/mol. The van der Waals surface area contributed by atoms with Gasteiger partial charge >= 0.3 is 28.4 Å². The number of aliphatic hydroxyl groups is 5. The zero-order valence-electron chi connectivity index (χ0n) is 62.7. The van der Waals surface area contributed by atoms with Crippen LogP contribution in [0.3, 0.4) is 0 Å². The van der Waals surface area contributed by atoms with Gasteiger partial charge in [-0.15, -0.1) is 77.5 Å². The Balaban J connectivity index is 0.000000209. The van der Waals surface area contributed by atoms with Crippen LogP contribution < -0.4 is 56.2 Å². The number of halogens is 2. The summed E-state index contributed by atoms with van der Waals surface area (Å²) in [6.45, 7) is 17.1. The first kappa shape index (κ1) is 91.3.